The Morgan fingerprint density at radius 1 is 1.40 bits per heavy atom. The molecule has 80 valence electrons. The van der Waals surface area contributed by atoms with Crippen molar-refractivity contribution < 1.29 is 9.90 Å². The van der Waals surface area contributed by atoms with E-state index in [0.29, 0.717) is 10.9 Å². The molecule has 0 bridgehead atoms. The van der Waals surface area contributed by atoms with E-state index in [4.69, 9.17) is 28.3 Å². The maximum Gasteiger partial charge on any atom is 0.335 e. The molecule has 0 spiro atoms. The van der Waals surface area contributed by atoms with Crippen molar-refractivity contribution in [1.82, 2.24) is 0 Å². The molecule has 0 fully saturated rings. The van der Waals surface area contributed by atoms with E-state index < -0.39 is 5.97 Å². The van der Waals surface area contributed by atoms with Crippen LogP contribution in [0.1, 0.15) is 22.3 Å². The Morgan fingerprint density at radius 2 is 2.13 bits per heavy atom. The molecule has 0 aliphatic heterocycles. The third-order valence-electron chi connectivity index (χ3n) is 1.75. The number of aromatic carboxylic acids is 1. The minimum Gasteiger partial charge on any atom is -0.478 e. The van der Waals surface area contributed by atoms with Crippen LogP contribution in [0.5, 0.6) is 0 Å². The zero-order valence-electron chi connectivity index (χ0n) is 7.91. The molecule has 0 radical (unpaired) electrons. The lowest BCUT2D eigenvalue weighted by atomic mass is 10.1. The third-order valence-corrected chi connectivity index (χ3v) is 2.19. The average Bonchev–Trinajstić information content (AvgIpc) is 2.17. The maximum atomic E-state index is 10.7. The monoisotopic (exact) mass is 244 g/mol. The van der Waals surface area contributed by atoms with Gasteiger partial charge in [0.2, 0.25) is 0 Å². The second-order valence-electron chi connectivity index (χ2n) is 2.96. The SMILES string of the molecule is O=C(O)c1cc(Cl)cc(C=CCCCl)c1. The average molecular weight is 245 g/mol. The standard InChI is InChI=1S/C11H10Cl2O2/c12-4-2-1-3-8-5-9(11(14)15)7-10(13)6-8/h1,3,5-7H,2,4H2,(H,14,15). The summed E-state index contributed by atoms with van der Waals surface area (Å²) >= 11 is 11.3. The molecular formula is C11H10Cl2O2. The van der Waals surface area contributed by atoms with Gasteiger partial charge in [-0.1, -0.05) is 23.8 Å². The summed E-state index contributed by atoms with van der Waals surface area (Å²) in [5.74, 6) is -0.437. The second-order valence-corrected chi connectivity index (χ2v) is 3.77. The van der Waals surface area contributed by atoms with Gasteiger partial charge in [-0.05, 0) is 30.2 Å². The predicted octanol–water partition coefficient (Wildman–Crippen LogP) is 3.68. The van der Waals surface area contributed by atoms with E-state index in [1.165, 1.54) is 6.07 Å². The topological polar surface area (TPSA) is 37.3 Å². The van der Waals surface area contributed by atoms with Crippen LogP contribution in [0.2, 0.25) is 5.02 Å². The molecule has 0 saturated carbocycles. The van der Waals surface area contributed by atoms with Gasteiger partial charge in [0.05, 0.1) is 5.56 Å². The molecule has 1 rings (SSSR count). The van der Waals surface area contributed by atoms with Crippen molar-refractivity contribution in [2.75, 3.05) is 5.88 Å². The van der Waals surface area contributed by atoms with Gasteiger partial charge in [0.25, 0.3) is 0 Å². The summed E-state index contributed by atoms with van der Waals surface area (Å²) in [6.07, 6.45) is 4.43. The van der Waals surface area contributed by atoms with Gasteiger partial charge in [-0.15, -0.1) is 11.6 Å². The fourth-order valence-electron chi connectivity index (χ4n) is 1.11. The van der Waals surface area contributed by atoms with Gasteiger partial charge in [-0.3, -0.25) is 0 Å². The Kier molecular flexibility index (Phi) is 4.66. The molecule has 0 aromatic heterocycles. The highest BCUT2D eigenvalue weighted by atomic mass is 35.5. The second kappa shape index (κ2) is 5.79. The molecule has 0 amide bonds. The molecule has 4 heteroatoms. The van der Waals surface area contributed by atoms with Crippen molar-refractivity contribution in [3.8, 4) is 0 Å². The summed E-state index contributed by atoms with van der Waals surface area (Å²) in [4.78, 5) is 10.7. The number of halogens is 2. The lowest BCUT2D eigenvalue weighted by Crippen LogP contribution is -1.96. The molecule has 15 heavy (non-hydrogen) atoms. The lowest BCUT2D eigenvalue weighted by molar-refractivity contribution is 0.0697. The smallest absolute Gasteiger partial charge is 0.335 e. The quantitative estimate of drug-likeness (QED) is 0.821. The highest BCUT2D eigenvalue weighted by Crippen LogP contribution is 2.16. The van der Waals surface area contributed by atoms with E-state index in [-0.39, 0.29) is 5.56 Å². The van der Waals surface area contributed by atoms with Crippen molar-refractivity contribution in [2.45, 2.75) is 6.42 Å². The summed E-state index contributed by atoms with van der Waals surface area (Å²) in [5, 5.41) is 9.22. The Morgan fingerprint density at radius 3 is 2.73 bits per heavy atom. The normalized spacial score (nSPS) is 10.8. The van der Waals surface area contributed by atoms with Crippen LogP contribution in [0.25, 0.3) is 6.08 Å². The molecule has 1 aromatic rings. The predicted molar refractivity (Wildman–Crippen MR) is 62.8 cm³/mol. The Labute approximate surface area is 98.1 Å². The van der Waals surface area contributed by atoms with Gasteiger partial charge < -0.3 is 5.11 Å². The van der Waals surface area contributed by atoms with Crippen molar-refractivity contribution in [2.24, 2.45) is 0 Å². The number of carboxylic acids is 1. The van der Waals surface area contributed by atoms with Crippen LogP contribution in [0.3, 0.4) is 0 Å². The van der Waals surface area contributed by atoms with Crippen LogP contribution in [-0.2, 0) is 0 Å². The molecule has 0 aliphatic rings. The van der Waals surface area contributed by atoms with Crippen LogP contribution in [0.15, 0.2) is 24.3 Å². The minimum absolute atomic E-state index is 0.188. The van der Waals surface area contributed by atoms with Crippen molar-refractivity contribution in [3.05, 3.63) is 40.4 Å². The summed E-state index contributed by atoms with van der Waals surface area (Å²) < 4.78 is 0. The van der Waals surface area contributed by atoms with Gasteiger partial charge in [0, 0.05) is 10.9 Å². The number of rotatable bonds is 4. The molecule has 2 nitrogen and oxygen atoms in total. The number of hydrogen-bond acceptors (Lipinski definition) is 1. The lowest BCUT2D eigenvalue weighted by Gasteiger charge is -1.99. The molecule has 0 unspecified atom stereocenters. The van der Waals surface area contributed by atoms with Crippen LogP contribution in [0.4, 0.5) is 0 Å². The number of alkyl halides is 1. The van der Waals surface area contributed by atoms with Crippen LogP contribution >= 0.6 is 23.2 Å². The van der Waals surface area contributed by atoms with Crippen molar-refractivity contribution >= 4 is 35.2 Å². The molecule has 0 atom stereocenters. The van der Waals surface area contributed by atoms with Crippen molar-refractivity contribution in [1.29, 1.82) is 0 Å². The molecule has 1 N–H and O–H groups in total. The zero-order chi connectivity index (χ0) is 11.3. The van der Waals surface area contributed by atoms with E-state index in [2.05, 4.69) is 0 Å². The van der Waals surface area contributed by atoms with E-state index in [9.17, 15) is 4.79 Å². The molecule has 0 saturated heterocycles. The van der Waals surface area contributed by atoms with Gasteiger partial charge >= 0.3 is 5.97 Å². The first-order valence-corrected chi connectivity index (χ1v) is 5.31. The fourth-order valence-corrected chi connectivity index (χ4v) is 1.48. The maximum absolute atomic E-state index is 10.7. The Bertz CT molecular complexity index is 386. The summed E-state index contributed by atoms with van der Waals surface area (Å²) in [7, 11) is 0. The number of carbonyl (C=O) groups is 1. The van der Waals surface area contributed by atoms with Crippen LogP contribution in [-0.4, -0.2) is 17.0 Å². The third kappa shape index (κ3) is 3.94. The zero-order valence-corrected chi connectivity index (χ0v) is 9.42. The van der Waals surface area contributed by atoms with Crippen LogP contribution < -0.4 is 0 Å². The van der Waals surface area contributed by atoms with Crippen molar-refractivity contribution in [3.63, 3.8) is 0 Å². The first-order valence-electron chi connectivity index (χ1n) is 4.40. The van der Waals surface area contributed by atoms with Crippen LogP contribution in [0, 0.1) is 0 Å². The molecule has 0 heterocycles. The van der Waals surface area contributed by atoms with Gasteiger partial charge in [-0.25, -0.2) is 4.79 Å². The molecule has 1 aromatic carbocycles. The molecular weight excluding hydrogens is 235 g/mol. The van der Waals surface area contributed by atoms with E-state index in [1.54, 1.807) is 18.2 Å². The van der Waals surface area contributed by atoms with Gasteiger partial charge in [-0.2, -0.15) is 0 Å². The fraction of sp³-hybridized carbons (Fsp3) is 0.182. The Balaban J connectivity index is 2.93. The number of benzene rings is 1. The summed E-state index contributed by atoms with van der Waals surface area (Å²) in [5.41, 5.74) is 0.957. The highest BCUT2D eigenvalue weighted by molar-refractivity contribution is 6.31. The van der Waals surface area contributed by atoms with Gasteiger partial charge in [0.15, 0.2) is 0 Å². The Hall–Kier alpha value is -0.990. The first-order chi connectivity index (χ1) is 7.13. The van der Waals surface area contributed by atoms with Gasteiger partial charge in [0.1, 0.15) is 0 Å². The van der Waals surface area contributed by atoms with E-state index >= 15 is 0 Å². The van der Waals surface area contributed by atoms with E-state index in [1.807, 2.05) is 6.08 Å². The summed E-state index contributed by atoms with van der Waals surface area (Å²) in [6, 6.07) is 4.69. The number of hydrogen-bond donors (Lipinski definition) is 1. The van der Waals surface area contributed by atoms with E-state index in [0.717, 1.165) is 12.0 Å². The number of allylic oxidation sites excluding steroid dienone is 1. The largest absolute Gasteiger partial charge is 0.478 e. The summed E-state index contributed by atoms with van der Waals surface area (Å²) in [6.45, 7) is 0. The first kappa shape index (κ1) is 12.1. The minimum atomic E-state index is -0.982. The highest BCUT2D eigenvalue weighted by Gasteiger charge is 2.04. The molecule has 0 aliphatic carbocycles. The number of carboxylic acid groups (broad SMARTS) is 1.